The Hall–Kier alpha value is -0.190. The second-order valence-corrected chi connectivity index (χ2v) is 6.59. The molecule has 0 spiro atoms. The number of hydrogen-bond acceptors (Lipinski definition) is 2. The monoisotopic (exact) mass is 349 g/mol. The molecule has 0 saturated carbocycles. The Bertz CT molecular complexity index is 414. The van der Waals surface area contributed by atoms with E-state index >= 15 is 0 Å². The summed E-state index contributed by atoms with van der Waals surface area (Å²) in [5.74, 6) is 2.05. The Balaban J connectivity index is 2.57. The summed E-state index contributed by atoms with van der Waals surface area (Å²) in [4.78, 5) is 12.0. The first-order chi connectivity index (χ1) is 8.56. The highest BCUT2D eigenvalue weighted by Crippen LogP contribution is 2.25. The fourth-order valence-electron chi connectivity index (χ4n) is 1.46. The third kappa shape index (κ3) is 4.82. The molecule has 0 aliphatic rings. The predicted octanol–water partition coefficient (Wildman–Crippen LogP) is 4.36. The number of benzene rings is 1. The first-order valence-electron chi connectivity index (χ1n) is 5.88. The van der Waals surface area contributed by atoms with Crippen LogP contribution in [0.3, 0.4) is 0 Å². The molecular weight excluding hydrogens is 334 g/mol. The molecule has 100 valence electrons. The standard InChI is InChI=1S/C13H17BrClNOS/c1-3-18-8-7-9(2)16-13(17)10-5-4-6-11(14)12(10)15/h4-6,9H,3,7-8H2,1-2H3,(H,16,17). The van der Waals surface area contributed by atoms with Gasteiger partial charge in [-0.1, -0.05) is 24.6 Å². The molecule has 0 aliphatic carbocycles. The summed E-state index contributed by atoms with van der Waals surface area (Å²) < 4.78 is 0.742. The molecule has 18 heavy (non-hydrogen) atoms. The van der Waals surface area contributed by atoms with E-state index in [0.717, 1.165) is 22.4 Å². The van der Waals surface area contributed by atoms with Gasteiger partial charge in [0.2, 0.25) is 0 Å². The van der Waals surface area contributed by atoms with Crippen molar-refractivity contribution in [3.63, 3.8) is 0 Å². The number of thioether (sulfide) groups is 1. The number of carbonyl (C=O) groups is 1. The van der Waals surface area contributed by atoms with Gasteiger partial charge in [-0.25, -0.2) is 0 Å². The number of amides is 1. The van der Waals surface area contributed by atoms with Gasteiger partial charge < -0.3 is 5.32 Å². The Morgan fingerprint density at radius 1 is 1.56 bits per heavy atom. The number of halogens is 2. The third-order valence-corrected chi connectivity index (χ3v) is 4.70. The maximum Gasteiger partial charge on any atom is 0.253 e. The molecule has 0 saturated heterocycles. The van der Waals surface area contributed by atoms with Crippen LogP contribution in [0.4, 0.5) is 0 Å². The average Bonchev–Trinajstić information content (AvgIpc) is 2.32. The van der Waals surface area contributed by atoms with Crippen molar-refractivity contribution in [2.45, 2.75) is 26.3 Å². The molecule has 0 radical (unpaired) electrons. The van der Waals surface area contributed by atoms with E-state index in [-0.39, 0.29) is 11.9 Å². The predicted molar refractivity (Wildman–Crippen MR) is 83.7 cm³/mol. The molecule has 0 aromatic heterocycles. The first-order valence-corrected chi connectivity index (χ1v) is 8.21. The van der Waals surface area contributed by atoms with E-state index in [0.29, 0.717) is 10.6 Å². The van der Waals surface area contributed by atoms with Gasteiger partial charge in [0, 0.05) is 10.5 Å². The second-order valence-electron chi connectivity index (χ2n) is 3.96. The highest BCUT2D eigenvalue weighted by atomic mass is 79.9. The number of nitrogens with one attached hydrogen (secondary N) is 1. The topological polar surface area (TPSA) is 29.1 Å². The molecule has 0 heterocycles. The lowest BCUT2D eigenvalue weighted by atomic mass is 10.2. The Labute approximate surface area is 126 Å². The van der Waals surface area contributed by atoms with Crippen molar-refractivity contribution < 1.29 is 4.79 Å². The molecule has 0 fully saturated rings. The van der Waals surface area contributed by atoms with Crippen LogP contribution >= 0.6 is 39.3 Å². The maximum atomic E-state index is 12.0. The minimum Gasteiger partial charge on any atom is -0.350 e. The normalized spacial score (nSPS) is 12.2. The van der Waals surface area contributed by atoms with Crippen LogP contribution in [0, 0.1) is 0 Å². The van der Waals surface area contributed by atoms with E-state index in [1.165, 1.54) is 0 Å². The molecule has 1 atom stereocenters. The summed E-state index contributed by atoms with van der Waals surface area (Å²) in [6, 6.07) is 5.52. The lowest BCUT2D eigenvalue weighted by Crippen LogP contribution is -2.33. The third-order valence-electron chi connectivity index (χ3n) is 2.47. The highest BCUT2D eigenvalue weighted by Gasteiger charge is 2.14. The molecule has 0 bridgehead atoms. The molecule has 5 heteroatoms. The fraction of sp³-hybridized carbons (Fsp3) is 0.462. The van der Waals surface area contributed by atoms with Gasteiger partial charge in [-0.3, -0.25) is 4.79 Å². The van der Waals surface area contributed by atoms with E-state index in [4.69, 9.17) is 11.6 Å². The lowest BCUT2D eigenvalue weighted by Gasteiger charge is -2.14. The molecule has 2 nitrogen and oxygen atoms in total. The summed E-state index contributed by atoms with van der Waals surface area (Å²) >= 11 is 11.3. The zero-order valence-corrected chi connectivity index (χ0v) is 13.7. The molecule has 1 aromatic rings. The minimum atomic E-state index is -0.115. The van der Waals surface area contributed by atoms with E-state index < -0.39 is 0 Å². The van der Waals surface area contributed by atoms with Gasteiger partial charge in [-0.05, 0) is 52.9 Å². The number of rotatable bonds is 6. The zero-order chi connectivity index (χ0) is 13.5. The summed E-state index contributed by atoms with van der Waals surface area (Å²) in [7, 11) is 0. The van der Waals surface area contributed by atoms with Gasteiger partial charge in [0.25, 0.3) is 5.91 Å². The first kappa shape index (κ1) is 15.9. The van der Waals surface area contributed by atoms with Crippen LogP contribution in [0.5, 0.6) is 0 Å². The van der Waals surface area contributed by atoms with Gasteiger partial charge in [0.05, 0.1) is 10.6 Å². The van der Waals surface area contributed by atoms with Gasteiger partial charge in [0.15, 0.2) is 0 Å². The SMILES string of the molecule is CCSCCC(C)NC(=O)c1cccc(Br)c1Cl. The number of carbonyl (C=O) groups excluding carboxylic acids is 1. The average molecular weight is 351 g/mol. The summed E-state index contributed by atoms with van der Waals surface area (Å²) in [6.07, 6.45) is 0.968. The van der Waals surface area contributed by atoms with Crippen LogP contribution in [-0.4, -0.2) is 23.5 Å². The van der Waals surface area contributed by atoms with Gasteiger partial charge in [-0.15, -0.1) is 0 Å². The van der Waals surface area contributed by atoms with E-state index in [1.807, 2.05) is 30.8 Å². The van der Waals surface area contributed by atoms with E-state index in [9.17, 15) is 4.79 Å². The Kier molecular flexibility index (Phi) is 7.12. The van der Waals surface area contributed by atoms with Crippen LogP contribution in [0.2, 0.25) is 5.02 Å². The van der Waals surface area contributed by atoms with Crippen molar-refractivity contribution in [1.29, 1.82) is 0 Å². The van der Waals surface area contributed by atoms with Crippen molar-refractivity contribution in [3.8, 4) is 0 Å². The largest absolute Gasteiger partial charge is 0.350 e. The molecular formula is C13H17BrClNOS. The quantitative estimate of drug-likeness (QED) is 0.772. The van der Waals surface area contributed by atoms with Crippen LogP contribution in [0.25, 0.3) is 0 Å². The van der Waals surface area contributed by atoms with Crippen LogP contribution in [-0.2, 0) is 0 Å². The molecule has 1 amide bonds. The second kappa shape index (κ2) is 8.08. The van der Waals surface area contributed by atoms with Crippen molar-refractivity contribution >= 4 is 45.2 Å². The van der Waals surface area contributed by atoms with Crippen molar-refractivity contribution in [3.05, 3.63) is 33.3 Å². The molecule has 1 aromatic carbocycles. The van der Waals surface area contributed by atoms with Crippen molar-refractivity contribution in [1.82, 2.24) is 5.32 Å². The molecule has 0 aliphatic heterocycles. The van der Waals surface area contributed by atoms with Crippen LogP contribution < -0.4 is 5.32 Å². The van der Waals surface area contributed by atoms with E-state index in [2.05, 4.69) is 28.2 Å². The maximum absolute atomic E-state index is 12.0. The Morgan fingerprint density at radius 3 is 2.94 bits per heavy atom. The fourth-order valence-corrected chi connectivity index (χ4v) is 2.84. The lowest BCUT2D eigenvalue weighted by molar-refractivity contribution is 0.0939. The van der Waals surface area contributed by atoms with Gasteiger partial charge in [-0.2, -0.15) is 11.8 Å². The zero-order valence-electron chi connectivity index (χ0n) is 10.5. The molecule has 1 rings (SSSR count). The van der Waals surface area contributed by atoms with E-state index in [1.54, 1.807) is 6.07 Å². The summed E-state index contributed by atoms with van der Waals surface area (Å²) in [5, 5.41) is 3.43. The summed E-state index contributed by atoms with van der Waals surface area (Å²) in [6.45, 7) is 4.15. The number of hydrogen-bond donors (Lipinski definition) is 1. The van der Waals surface area contributed by atoms with Crippen molar-refractivity contribution in [2.75, 3.05) is 11.5 Å². The van der Waals surface area contributed by atoms with Crippen LogP contribution in [0.1, 0.15) is 30.6 Å². The minimum absolute atomic E-state index is 0.115. The smallest absolute Gasteiger partial charge is 0.253 e. The van der Waals surface area contributed by atoms with Crippen LogP contribution in [0.15, 0.2) is 22.7 Å². The molecule has 1 unspecified atom stereocenters. The Morgan fingerprint density at radius 2 is 2.28 bits per heavy atom. The highest BCUT2D eigenvalue weighted by molar-refractivity contribution is 9.10. The molecule has 1 N–H and O–H groups in total. The van der Waals surface area contributed by atoms with Gasteiger partial charge in [0.1, 0.15) is 0 Å². The summed E-state index contributed by atoms with van der Waals surface area (Å²) in [5.41, 5.74) is 0.515. The van der Waals surface area contributed by atoms with Crippen molar-refractivity contribution in [2.24, 2.45) is 0 Å². The van der Waals surface area contributed by atoms with Gasteiger partial charge >= 0.3 is 0 Å².